The van der Waals surface area contributed by atoms with Gasteiger partial charge in [0.25, 0.3) is 0 Å². The summed E-state index contributed by atoms with van der Waals surface area (Å²) in [5.41, 5.74) is 7.82. The average molecular weight is 306 g/mol. The summed E-state index contributed by atoms with van der Waals surface area (Å²) in [6.45, 7) is 0.313. The molecule has 6 heteroatoms. The van der Waals surface area contributed by atoms with E-state index in [1.165, 1.54) is 0 Å². The van der Waals surface area contributed by atoms with Crippen molar-refractivity contribution in [1.29, 1.82) is 0 Å². The van der Waals surface area contributed by atoms with Crippen LogP contribution in [0.2, 0.25) is 5.02 Å². The van der Waals surface area contributed by atoms with Crippen LogP contribution in [0.1, 0.15) is 5.56 Å². The Hall–Kier alpha value is -2.40. The maximum Gasteiger partial charge on any atom is 0.319 e. The van der Waals surface area contributed by atoms with E-state index in [0.717, 1.165) is 5.56 Å². The molecule has 0 heterocycles. The van der Waals surface area contributed by atoms with Crippen LogP contribution in [-0.2, 0) is 6.54 Å². The number of hydrogen-bond acceptors (Lipinski definition) is 3. The Bertz CT molecular complexity index is 629. The number of halogens is 1. The van der Waals surface area contributed by atoms with Gasteiger partial charge in [-0.25, -0.2) is 4.79 Å². The predicted octanol–water partition coefficient (Wildman–Crippen LogP) is 3.25. The average Bonchev–Trinajstić information content (AvgIpc) is 2.48. The quantitative estimate of drug-likeness (QED) is 0.759. The largest absolute Gasteiger partial charge is 0.496 e. The maximum atomic E-state index is 11.8. The molecule has 2 amide bonds. The third-order valence-electron chi connectivity index (χ3n) is 2.85. The summed E-state index contributed by atoms with van der Waals surface area (Å²) in [4.78, 5) is 11.8. The zero-order valence-electron chi connectivity index (χ0n) is 11.5. The highest BCUT2D eigenvalue weighted by molar-refractivity contribution is 6.30. The molecule has 0 aliphatic rings. The first-order valence-electron chi connectivity index (χ1n) is 6.31. The second-order valence-corrected chi connectivity index (χ2v) is 4.82. The van der Waals surface area contributed by atoms with E-state index in [4.69, 9.17) is 22.1 Å². The van der Waals surface area contributed by atoms with Crippen molar-refractivity contribution in [3.8, 4) is 5.75 Å². The molecule has 2 rings (SSSR count). The summed E-state index contributed by atoms with van der Waals surface area (Å²) in [7, 11) is 1.57. The monoisotopic (exact) mass is 305 g/mol. The molecule has 0 fully saturated rings. The van der Waals surface area contributed by atoms with Gasteiger partial charge in [0.1, 0.15) is 5.75 Å². The summed E-state index contributed by atoms with van der Waals surface area (Å²) >= 11 is 5.78. The van der Waals surface area contributed by atoms with Crippen molar-refractivity contribution in [1.82, 2.24) is 5.32 Å². The van der Waals surface area contributed by atoms with Crippen molar-refractivity contribution in [2.24, 2.45) is 0 Å². The summed E-state index contributed by atoms with van der Waals surface area (Å²) in [6.07, 6.45) is 0. The van der Waals surface area contributed by atoms with Crippen molar-refractivity contribution >= 4 is 29.0 Å². The Morgan fingerprint density at radius 3 is 2.62 bits per heavy atom. The first-order valence-corrected chi connectivity index (χ1v) is 6.69. The number of ether oxygens (including phenoxy) is 1. The van der Waals surface area contributed by atoms with E-state index in [1.807, 2.05) is 0 Å². The molecule has 4 N–H and O–H groups in total. The number of methoxy groups -OCH3 is 1. The van der Waals surface area contributed by atoms with E-state index in [9.17, 15) is 4.79 Å². The van der Waals surface area contributed by atoms with Gasteiger partial charge < -0.3 is 21.1 Å². The number of nitrogen functional groups attached to an aromatic ring is 1. The molecule has 0 saturated heterocycles. The molecule has 0 bridgehead atoms. The Labute approximate surface area is 128 Å². The molecule has 0 aliphatic carbocycles. The number of rotatable bonds is 4. The lowest BCUT2D eigenvalue weighted by molar-refractivity contribution is 0.251. The summed E-state index contributed by atoms with van der Waals surface area (Å²) in [5, 5.41) is 6.07. The number of carbonyl (C=O) groups is 1. The molecule has 0 unspecified atom stereocenters. The highest BCUT2D eigenvalue weighted by Crippen LogP contribution is 2.20. The van der Waals surface area contributed by atoms with E-state index in [0.29, 0.717) is 28.7 Å². The number of nitrogens with two attached hydrogens (primary N) is 1. The number of nitrogens with one attached hydrogen (secondary N) is 2. The van der Waals surface area contributed by atoms with Gasteiger partial charge in [0, 0.05) is 28.5 Å². The third kappa shape index (κ3) is 4.29. The lowest BCUT2D eigenvalue weighted by Gasteiger charge is -2.11. The highest BCUT2D eigenvalue weighted by atomic mass is 35.5. The van der Waals surface area contributed by atoms with Crippen LogP contribution < -0.4 is 21.1 Å². The fourth-order valence-electron chi connectivity index (χ4n) is 1.82. The van der Waals surface area contributed by atoms with E-state index >= 15 is 0 Å². The van der Waals surface area contributed by atoms with Gasteiger partial charge in [-0.2, -0.15) is 0 Å². The van der Waals surface area contributed by atoms with E-state index in [1.54, 1.807) is 49.6 Å². The zero-order valence-corrected chi connectivity index (χ0v) is 12.3. The van der Waals surface area contributed by atoms with Gasteiger partial charge >= 0.3 is 6.03 Å². The van der Waals surface area contributed by atoms with Crippen LogP contribution in [0.3, 0.4) is 0 Å². The zero-order chi connectivity index (χ0) is 15.2. The molecule has 0 saturated carbocycles. The number of anilines is 2. The lowest BCUT2D eigenvalue weighted by atomic mass is 10.2. The van der Waals surface area contributed by atoms with Gasteiger partial charge in [-0.3, -0.25) is 0 Å². The van der Waals surface area contributed by atoms with Gasteiger partial charge in [0.15, 0.2) is 0 Å². The number of benzene rings is 2. The predicted molar refractivity (Wildman–Crippen MR) is 84.7 cm³/mol. The van der Waals surface area contributed by atoms with Crippen LogP contribution in [0.5, 0.6) is 5.75 Å². The van der Waals surface area contributed by atoms with Gasteiger partial charge in [0.05, 0.1) is 7.11 Å². The van der Waals surface area contributed by atoms with Gasteiger partial charge in [-0.05, 0) is 42.5 Å². The van der Waals surface area contributed by atoms with Crippen LogP contribution in [0.25, 0.3) is 0 Å². The Morgan fingerprint density at radius 1 is 1.24 bits per heavy atom. The van der Waals surface area contributed by atoms with E-state index < -0.39 is 0 Å². The SMILES string of the molecule is COc1ccc(N)cc1CNC(=O)Nc1ccc(Cl)cc1. The van der Waals surface area contributed by atoms with Crippen molar-refractivity contribution in [2.75, 3.05) is 18.2 Å². The molecule has 0 spiro atoms. The van der Waals surface area contributed by atoms with Crippen molar-refractivity contribution in [2.45, 2.75) is 6.54 Å². The normalized spacial score (nSPS) is 10.0. The van der Waals surface area contributed by atoms with Crippen molar-refractivity contribution in [3.05, 3.63) is 53.1 Å². The van der Waals surface area contributed by atoms with Crippen LogP contribution in [0, 0.1) is 0 Å². The van der Waals surface area contributed by atoms with Gasteiger partial charge in [-0.15, -0.1) is 0 Å². The Kier molecular flexibility index (Phi) is 4.90. The first-order chi connectivity index (χ1) is 10.1. The highest BCUT2D eigenvalue weighted by Gasteiger charge is 2.06. The second-order valence-electron chi connectivity index (χ2n) is 4.39. The Morgan fingerprint density at radius 2 is 1.95 bits per heavy atom. The summed E-state index contributed by atoms with van der Waals surface area (Å²) < 4.78 is 5.22. The van der Waals surface area contributed by atoms with Crippen molar-refractivity contribution < 1.29 is 9.53 Å². The number of carbonyl (C=O) groups excluding carboxylic acids is 1. The second kappa shape index (κ2) is 6.85. The molecule has 5 nitrogen and oxygen atoms in total. The molecule has 2 aromatic carbocycles. The maximum absolute atomic E-state index is 11.8. The van der Waals surface area contributed by atoms with E-state index in [2.05, 4.69) is 10.6 Å². The first kappa shape index (κ1) is 15.0. The van der Waals surface area contributed by atoms with E-state index in [-0.39, 0.29) is 6.03 Å². The molecule has 2 aromatic rings. The molecular weight excluding hydrogens is 290 g/mol. The standard InChI is InChI=1S/C15H16ClN3O2/c1-21-14-7-4-12(17)8-10(14)9-18-15(20)19-13-5-2-11(16)3-6-13/h2-8H,9,17H2,1H3,(H2,18,19,20). The molecule has 0 atom stereocenters. The fourth-order valence-corrected chi connectivity index (χ4v) is 1.95. The number of hydrogen-bond donors (Lipinski definition) is 3. The molecule has 0 aromatic heterocycles. The van der Waals surface area contributed by atoms with Crippen LogP contribution >= 0.6 is 11.6 Å². The number of amides is 2. The van der Waals surface area contributed by atoms with Crippen LogP contribution in [0.4, 0.5) is 16.2 Å². The molecule has 110 valence electrons. The van der Waals surface area contributed by atoms with Crippen LogP contribution in [-0.4, -0.2) is 13.1 Å². The molecule has 21 heavy (non-hydrogen) atoms. The minimum atomic E-state index is -0.318. The van der Waals surface area contributed by atoms with Gasteiger partial charge in [-0.1, -0.05) is 11.6 Å². The summed E-state index contributed by atoms with van der Waals surface area (Å²) in [5.74, 6) is 0.677. The molecule has 0 aliphatic heterocycles. The molecular formula is C15H16ClN3O2. The Balaban J connectivity index is 1.95. The minimum Gasteiger partial charge on any atom is -0.496 e. The van der Waals surface area contributed by atoms with Gasteiger partial charge in [0.2, 0.25) is 0 Å². The fraction of sp³-hybridized carbons (Fsp3) is 0.133. The molecule has 0 radical (unpaired) electrons. The van der Waals surface area contributed by atoms with Crippen LogP contribution in [0.15, 0.2) is 42.5 Å². The lowest BCUT2D eigenvalue weighted by Crippen LogP contribution is -2.28. The summed E-state index contributed by atoms with van der Waals surface area (Å²) in [6, 6.07) is 11.8. The third-order valence-corrected chi connectivity index (χ3v) is 3.10. The smallest absolute Gasteiger partial charge is 0.319 e. The van der Waals surface area contributed by atoms with Crippen molar-refractivity contribution in [3.63, 3.8) is 0 Å². The minimum absolute atomic E-state index is 0.313. The number of urea groups is 1. The topological polar surface area (TPSA) is 76.4 Å².